The third-order valence-corrected chi connectivity index (χ3v) is 4.12. The van der Waals surface area contributed by atoms with Crippen LogP contribution in [0.2, 0.25) is 0 Å². The van der Waals surface area contributed by atoms with Crippen LogP contribution in [-0.4, -0.2) is 11.2 Å². The second-order valence-electron chi connectivity index (χ2n) is 5.68. The first-order valence-corrected chi connectivity index (χ1v) is 7.97. The topological polar surface area (TPSA) is 61.4 Å². The summed E-state index contributed by atoms with van der Waals surface area (Å²) in [6.45, 7) is 0.575. The monoisotopic (exact) mass is 333 g/mol. The Hall–Kier alpha value is -3.34. The molecule has 0 atom stereocenters. The number of ether oxygens (including phenoxy) is 1. The molecule has 5 heteroatoms. The molecule has 1 heterocycles. The summed E-state index contributed by atoms with van der Waals surface area (Å²) in [4.78, 5) is 23.8. The molecule has 5 nitrogen and oxygen atoms in total. The largest absolute Gasteiger partial charge is 0.492 e. The van der Waals surface area contributed by atoms with Gasteiger partial charge in [-0.1, -0.05) is 42.5 Å². The van der Waals surface area contributed by atoms with E-state index in [1.54, 1.807) is 24.3 Å². The molecule has 124 valence electrons. The van der Waals surface area contributed by atoms with Gasteiger partial charge in [-0.3, -0.25) is 4.57 Å². The summed E-state index contributed by atoms with van der Waals surface area (Å²) in [5.74, 6) is 0.0549. The maximum Gasteiger partial charge on any atom is 0.422 e. The van der Waals surface area contributed by atoms with Crippen LogP contribution in [0.1, 0.15) is 0 Å². The highest BCUT2D eigenvalue weighted by Gasteiger charge is 2.08. The zero-order chi connectivity index (χ0) is 17.2. The van der Waals surface area contributed by atoms with Gasteiger partial charge in [-0.2, -0.15) is 0 Å². The van der Waals surface area contributed by atoms with E-state index in [4.69, 9.17) is 9.15 Å². The van der Waals surface area contributed by atoms with E-state index < -0.39 is 11.4 Å². The van der Waals surface area contributed by atoms with Crippen molar-refractivity contribution in [2.75, 3.05) is 6.61 Å². The summed E-state index contributed by atoms with van der Waals surface area (Å²) in [6, 6.07) is 20.8. The quantitative estimate of drug-likeness (QED) is 0.575. The molecule has 0 amide bonds. The number of aromatic nitrogens is 1. The molecule has 4 aromatic rings. The molecule has 4 rings (SSSR count). The molecular weight excluding hydrogens is 318 g/mol. The zero-order valence-corrected chi connectivity index (χ0v) is 13.3. The van der Waals surface area contributed by atoms with Gasteiger partial charge in [-0.25, -0.2) is 9.59 Å². The lowest BCUT2D eigenvalue weighted by Crippen LogP contribution is -2.27. The average molecular weight is 333 g/mol. The Morgan fingerprint density at radius 1 is 0.880 bits per heavy atom. The fraction of sp³-hybridized carbons (Fsp3) is 0.100. The summed E-state index contributed by atoms with van der Waals surface area (Å²) in [7, 11) is 0. The smallest absolute Gasteiger partial charge is 0.422 e. The van der Waals surface area contributed by atoms with Crippen molar-refractivity contribution in [2.24, 2.45) is 0 Å². The van der Waals surface area contributed by atoms with Gasteiger partial charge in [0.05, 0.1) is 17.4 Å². The third kappa shape index (κ3) is 2.92. The minimum Gasteiger partial charge on any atom is -0.492 e. The van der Waals surface area contributed by atoms with E-state index in [-0.39, 0.29) is 13.2 Å². The first-order valence-electron chi connectivity index (χ1n) is 7.97. The normalized spacial score (nSPS) is 11.0. The van der Waals surface area contributed by atoms with Gasteiger partial charge in [-0.15, -0.1) is 0 Å². The van der Waals surface area contributed by atoms with E-state index in [9.17, 15) is 9.59 Å². The Balaban J connectivity index is 1.58. The summed E-state index contributed by atoms with van der Waals surface area (Å²) in [5.41, 5.74) is -0.0711. The molecule has 25 heavy (non-hydrogen) atoms. The van der Waals surface area contributed by atoms with E-state index in [1.165, 1.54) is 4.57 Å². The summed E-state index contributed by atoms with van der Waals surface area (Å²) in [6.07, 6.45) is 0. The van der Waals surface area contributed by atoms with Crippen molar-refractivity contribution in [2.45, 2.75) is 6.54 Å². The van der Waals surface area contributed by atoms with Crippen LogP contribution < -0.4 is 16.1 Å². The van der Waals surface area contributed by atoms with Gasteiger partial charge >= 0.3 is 11.4 Å². The predicted octanol–water partition coefficient (Wildman–Crippen LogP) is 3.19. The second-order valence-corrected chi connectivity index (χ2v) is 5.68. The van der Waals surface area contributed by atoms with Crippen LogP contribution in [0.15, 0.2) is 80.7 Å². The van der Waals surface area contributed by atoms with Crippen molar-refractivity contribution in [3.8, 4) is 5.75 Å². The molecule has 0 radical (unpaired) electrons. The van der Waals surface area contributed by atoms with Crippen LogP contribution in [0.3, 0.4) is 0 Å². The molecule has 0 unspecified atom stereocenters. The van der Waals surface area contributed by atoms with Crippen molar-refractivity contribution >= 4 is 21.7 Å². The molecule has 1 aromatic heterocycles. The first kappa shape index (κ1) is 15.2. The van der Waals surface area contributed by atoms with Crippen LogP contribution in [0, 0.1) is 0 Å². The second kappa shape index (κ2) is 6.28. The number of hydrogen-bond donors (Lipinski definition) is 0. The van der Waals surface area contributed by atoms with Crippen molar-refractivity contribution in [1.82, 2.24) is 4.57 Å². The lowest BCUT2D eigenvalue weighted by Gasteiger charge is -2.10. The van der Waals surface area contributed by atoms with Crippen molar-refractivity contribution in [3.63, 3.8) is 0 Å². The van der Waals surface area contributed by atoms with Gasteiger partial charge < -0.3 is 9.15 Å². The van der Waals surface area contributed by atoms with Gasteiger partial charge in [-0.05, 0) is 35.0 Å². The highest BCUT2D eigenvalue weighted by atomic mass is 16.5. The Morgan fingerprint density at radius 2 is 1.64 bits per heavy atom. The molecule has 0 spiro atoms. The van der Waals surface area contributed by atoms with Gasteiger partial charge in [0.2, 0.25) is 0 Å². The van der Waals surface area contributed by atoms with Crippen LogP contribution >= 0.6 is 0 Å². The predicted molar refractivity (Wildman–Crippen MR) is 96.2 cm³/mol. The summed E-state index contributed by atoms with van der Waals surface area (Å²) >= 11 is 0. The molecule has 0 fully saturated rings. The fourth-order valence-corrected chi connectivity index (χ4v) is 2.89. The molecule has 0 aliphatic heterocycles. The Labute approximate surface area is 142 Å². The molecule has 0 aliphatic carbocycles. The minimum absolute atomic E-state index is 0.288. The van der Waals surface area contributed by atoms with Gasteiger partial charge in [0.25, 0.3) is 0 Å². The number of rotatable bonds is 4. The van der Waals surface area contributed by atoms with Gasteiger partial charge in [0.1, 0.15) is 12.4 Å². The van der Waals surface area contributed by atoms with Gasteiger partial charge in [0.15, 0.2) is 0 Å². The number of hydrogen-bond acceptors (Lipinski definition) is 4. The maximum atomic E-state index is 12.0. The van der Waals surface area contributed by atoms with E-state index >= 15 is 0 Å². The highest BCUT2D eigenvalue weighted by Crippen LogP contribution is 2.20. The third-order valence-electron chi connectivity index (χ3n) is 4.12. The van der Waals surface area contributed by atoms with Crippen LogP contribution in [-0.2, 0) is 6.54 Å². The van der Waals surface area contributed by atoms with Crippen molar-refractivity contribution in [1.29, 1.82) is 0 Å². The molecular formula is C20H15NO4. The standard InChI is InChI=1S/C20H15NO4/c22-19-17-7-3-4-8-18(17)21(20(23)25-19)11-12-24-16-10-9-14-5-1-2-6-15(14)13-16/h1-10,13H,11-12H2. The van der Waals surface area contributed by atoms with Crippen LogP contribution in [0.5, 0.6) is 5.75 Å². The zero-order valence-electron chi connectivity index (χ0n) is 13.3. The first-order chi connectivity index (χ1) is 12.2. The lowest BCUT2D eigenvalue weighted by molar-refractivity contribution is 0.287. The summed E-state index contributed by atoms with van der Waals surface area (Å²) < 4.78 is 12.0. The number of fused-ring (bicyclic) bond motifs is 2. The van der Waals surface area contributed by atoms with Crippen LogP contribution in [0.25, 0.3) is 21.7 Å². The van der Waals surface area contributed by atoms with Crippen molar-refractivity contribution in [3.05, 3.63) is 87.7 Å². The Bertz CT molecular complexity index is 1170. The van der Waals surface area contributed by atoms with Crippen LogP contribution in [0.4, 0.5) is 0 Å². The Morgan fingerprint density at radius 3 is 2.52 bits per heavy atom. The molecule has 0 saturated heterocycles. The SMILES string of the molecule is O=c1oc(=O)n(CCOc2ccc3ccccc3c2)c2ccccc12. The van der Waals surface area contributed by atoms with Gasteiger partial charge in [0, 0.05) is 0 Å². The molecule has 3 aromatic carbocycles. The number of nitrogens with zero attached hydrogens (tertiary/aromatic N) is 1. The van der Waals surface area contributed by atoms with E-state index in [0.29, 0.717) is 10.9 Å². The number of benzene rings is 3. The van der Waals surface area contributed by atoms with E-state index in [1.807, 2.05) is 42.5 Å². The van der Waals surface area contributed by atoms with Crippen molar-refractivity contribution < 1.29 is 9.15 Å². The lowest BCUT2D eigenvalue weighted by atomic mass is 10.1. The average Bonchev–Trinajstić information content (AvgIpc) is 2.64. The van der Waals surface area contributed by atoms with E-state index in [2.05, 4.69) is 0 Å². The fourth-order valence-electron chi connectivity index (χ4n) is 2.89. The minimum atomic E-state index is -0.675. The summed E-state index contributed by atoms with van der Waals surface area (Å²) in [5, 5.41) is 2.61. The molecule has 0 bridgehead atoms. The highest BCUT2D eigenvalue weighted by molar-refractivity contribution is 5.83. The molecule has 0 N–H and O–H groups in total. The van der Waals surface area contributed by atoms with E-state index in [0.717, 1.165) is 16.5 Å². The Kier molecular flexibility index (Phi) is 3.82. The number of para-hydroxylation sites is 1. The molecule has 0 saturated carbocycles. The maximum absolute atomic E-state index is 12.0. The molecule has 0 aliphatic rings.